The number of carbonyl (C=O) groups is 2. The lowest BCUT2D eigenvalue weighted by atomic mass is 10.0. The lowest BCUT2D eigenvalue weighted by Gasteiger charge is -2.16. The Balaban J connectivity index is 1.54. The quantitative estimate of drug-likeness (QED) is 0.474. The second-order valence-electron chi connectivity index (χ2n) is 8.38. The number of aromatic nitrogens is 2. The highest BCUT2D eigenvalue weighted by Crippen LogP contribution is 2.35. The Morgan fingerprint density at radius 2 is 2.09 bits per heavy atom. The number of carbonyl (C=O) groups excluding carboxylic acids is 2. The van der Waals surface area contributed by atoms with Crippen LogP contribution < -0.4 is 10.6 Å². The van der Waals surface area contributed by atoms with E-state index in [1.165, 1.54) is 6.26 Å². The van der Waals surface area contributed by atoms with Crippen molar-refractivity contribution in [1.82, 2.24) is 15.5 Å². The molecule has 9 nitrogen and oxygen atoms in total. The average molecular weight is 462 g/mol. The first kappa shape index (κ1) is 23.8. The van der Waals surface area contributed by atoms with E-state index in [-0.39, 0.29) is 36.5 Å². The molecule has 3 rings (SSSR count). The van der Waals surface area contributed by atoms with Gasteiger partial charge in [-0.1, -0.05) is 25.1 Å². The van der Waals surface area contributed by atoms with Crippen LogP contribution >= 0.6 is 0 Å². The van der Waals surface area contributed by atoms with Gasteiger partial charge in [0.05, 0.1) is 21.0 Å². The summed E-state index contributed by atoms with van der Waals surface area (Å²) in [6, 6.07) is 8.66. The van der Waals surface area contributed by atoms with E-state index >= 15 is 0 Å². The number of nitrogens with zero attached hydrogens (tertiary/aromatic N) is 1. The van der Waals surface area contributed by atoms with Gasteiger partial charge in [-0.3, -0.25) is 9.89 Å². The summed E-state index contributed by atoms with van der Waals surface area (Å²) >= 11 is 0. The molecule has 2 amide bonds. The van der Waals surface area contributed by atoms with Crippen LogP contribution in [0.4, 0.5) is 10.6 Å². The van der Waals surface area contributed by atoms with Crippen LogP contribution in [0.3, 0.4) is 0 Å². The molecule has 1 saturated carbocycles. The number of aromatic amines is 1. The molecule has 32 heavy (non-hydrogen) atoms. The van der Waals surface area contributed by atoms with Crippen molar-refractivity contribution in [3.8, 4) is 0 Å². The third kappa shape index (κ3) is 6.32. The van der Waals surface area contributed by atoms with Gasteiger partial charge < -0.3 is 15.4 Å². The summed E-state index contributed by atoms with van der Waals surface area (Å²) in [7, 11) is -2.92. The number of anilines is 1. The summed E-state index contributed by atoms with van der Waals surface area (Å²) in [5, 5.41) is 12.7. The highest BCUT2D eigenvalue weighted by Gasteiger charge is 2.30. The van der Waals surface area contributed by atoms with E-state index < -0.39 is 9.73 Å². The van der Waals surface area contributed by atoms with Crippen molar-refractivity contribution >= 4 is 27.5 Å². The Labute approximate surface area is 188 Å². The average Bonchev–Trinajstić information content (AvgIpc) is 3.36. The van der Waals surface area contributed by atoms with Gasteiger partial charge in [-0.2, -0.15) is 5.10 Å². The normalized spacial score (nSPS) is 20.8. The van der Waals surface area contributed by atoms with Gasteiger partial charge in [0.2, 0.25) is 5.91 Å². The van der Waals surface area contributed by atoms with Crippen molar-refractivity contribution in [2.24, 2.45) is 0 Å². The molecule has 1 fully saturated rings. The predicted octanol–water partition coefficient (Wildman–Crippen LogP) is 3.79. The number of amides is 2. The van der Waals surface area contributed by atoms with Crippen molar-refractivity contribution in [3.05, 3.63) is 41.6 Å². The van der Waals surface area contributed by atoms with Gasteiger partial charge in [-0.25, -0.2) is 13.8 Å². The van der Waals surface area contributed by atoms with Gasteiger partial charge in [-0.05, 0) is 44.2 Å². The zero-order chi connectivity index (χ0) is 23.3. The van der Waals surface area contributed by atoms with Crippen LogP contribution in [0.2, 0.25) is 0 Å². The van der Waals surface area contributed by atoms with Crippen molar-refractivity contribution in [3.63, 3.8) is 0 Å². The highest BCUT2D eigenvalue weighted by atomic mass is 32.2. The molecular weight excluding hydrogens is 430 g/mol. The molecule has 1 unspecified atom stereocenters. The molecule has 1 aromatic carbocycles. The number of H-pyrrole nitrogens is 1. The summed E-state index contributed by atoms with van der Waals surface area (Å²) in [4.78, 5) is 24.8. The summed E-state index contributed by atoms with van der Waals surface area (Å²) in [6.07, 6.45) is 4.01. The molecule has 10 heteroatoms. The molecule has 1 heterocycles. The van der Waals surface area contributed by atoms with Crippen LogP contribution in [0.25, 0.3) is 0 Å². The molecule has 4 N–H and O–H groups in total. The van der Waals surface area contributed by atoms with E-state index in [1.54, 1.807) is 30.3 Å². The van der Waals surface area contributed by atoms with E-state index in [0.29, 0.717) is 22.7 Å². The van der Waals surface area contributed by atoms with Crippen molar-refractivity contribution in [2.45, 2.75) is 68.9 Å². The van der Waals surface area contributed by atoms with Crippen LogP contribution in [0.1, 0.15) is 56.7 Å². The summed E-state index contributed by atoms with van der Waals surface area (Å²) in [5.41, 5.74) is 1.45. The molecule has 0 spiro atoms. The maximum atomic E-state index is 12.5. The Morgan fingerprint density at radius 3 is 2.81 bits per heavy atom. The van der Waals surface area contributed by atoms with E-state index in [0.717, 1.165) is 25.0 Å². The Kier molecular flexibility index (Phi) is 7.55. The monoisotopic (exact) mass is 461 g/mol. The number of ether oxygens (including phenoxy) is 1. The lowest BCUT2D eigenvalue weighted by Crippen LogP contribution is -2.34. The SMILES string of the molecule is CC[C@H](C)NC(=O)O[C@@H]1CC[C@H](c2cc(NC(=O)Cc3ccccc3S(C)(=N)=O)n[nH]2)C1. The highest BCUT2D eigenvalue weighted by molar-refractivity contribution is 7.91. The zero-order valence-electron chi connectivity index (χ0n) is 18.6. The molecule has 4 atom stereocenters. The summed E-state index contributed by atoms with van der Waals surface area (Å²) < 4.78 is 25.5. The summed E-state index contributed by atoms with van der Waals surface area (Å²) in [5.74, 6) is 0.279. The van der Waals surface area contributed by atoms with Gasteiger partial charge in [-0.15, -0.1) is 0 Å². The van der Waals surface area contributed by atoms with E-state index in [2.05, 4.69) is 20.8 Å². The van der Waals surface area contributed by atoms with Crippen LogP contribution in [0.5, 0.6) is 0 Å². The molecule has 0 saturated heterocycles. The van der Waals surface area contributed by atoms with Gasteiger partial charge in [0, 0.05) is 30.0 Å². The fourth-order valence-electron chi connectivity index (χ4n) is 3.82. The van der Waals surface area contributed by atoms with Crippen LogP contribution in [-0.4, -0.2) is 44.8 Å². The number of hydrogen-bond acceptors (Lipinski definition) is 6. The van der Waals surface area contributed by atoms with Crippen LogP contribution in [-0.2, 0) is 25.7 Å². The lowest BCUT2D eigenvalue weighted by molar-refractivity contribution is -0.115. The molecule has 0 bridgehead atoms. The van der Waals surface area contributed by atoms with Gasteiger partial charge in [0.1, 0.15) is 6.10 Å². The zero-order valence-corrected chi connectivity index (χ0v) is 19.5. The Morgan fingerprint density at radius 1 is 1.34 bits per heavy atom. The van der Waals surface area contributed by atoms with Gasteiger partial charge in [0.15, 0.2) is 5.82 Å². The minimum Gasteiger partial charge on any atom is -0.446 e. The second-order valence-corrected chi connectivity index (χ2v) is 10.5. The summed E-state index contributed by atoms with van der Waals surface area (Å²) in [6.45, 7) is 3.94. The maximum Gasteiger partial charge on any atom is 0.407 e. The van der Waals surface area contributed by atoms with Crippen LogP contribution in [0, 0.1) is 4.78 Å². The Hall–Kier alpha value is -2.88. The number of alkyl carbamates (subject to hydrolysis) is 1. The minimum absolute atomic E-state index is 0.00666. The molecule has 0 radical (unpaired) electrons. The largest absolute Gasteiger partial charge is 0.446 e. The molecular formula is C22H31N5O4S. The van der Waals surface area contributed by atoms with Gasteiger partial charge >= 0.3 is 6.09 Å². The third-order valence-corrected chi connectivity index (χ3v) is 6.92. The van der Waals surface area contributed by atoms with Crippen molar-refractivity contribution in [2.75, 3.05) is 11.6 Å². The van der Waals surface area contributed by atoms with E-state index in [4.69, 9.17) is 9.52 Å². The third-order valence-electron chi connectivity index (χ3n) is 5.68. The first-order valence-electron chi connectivity index (χ1n) is 10.8. The number of hydrogen-bond donors (Lipinski definition) is 4. The molecule has 1 aliphatic rings. The topological polar surface area (TPSA) is 137 Å². The van der Waals surface area contributed by atoms with Crippen molar-refractivity contribution < 1.29 is 18.5 Å². The maximum absolute atomic E-state index is 12.5. The predicted molar refractivity (Wildman–Crippen MR) is 122 cm³/mol. The second kappa shape index (κ2) is 10.2. The molecule has 174 valence electrons. The first-order chi connectivity index (χ1) is 15.2. The first-order valence-corrected chi connectivity index (χ1v) is 12.8. The number of benzene rings is 1. The smallest absolute Gasteiger partial charge is 0.407 e. The van der Waals surface area contributed by atoms with Crippen molar-refractivity contribution in [1.29, 1.82) is 4.78 Å². The fourth-order valence-corrected chi connectivity index (χ4v) is 4.80. The van der Waals surface area contributed by atoms with E-state index in [9.17, 15) is 13.8 Å². The fraction of sp³-hybridized carbons (Fsp3) is 0.500. The molecule has 1 aromatic heterocycles. The standard InChI is InChI=1S/C22H31N5O4S/c1-4-14(2)24-22(29)31-17-10-9-15(11-17)18-13-20(27-26-18)25-21(28)12-16-7-5-6-8-19(16)32(3,23)30/h5-8,13-15,17,23H,4,9-12H2,1-3H3,(H,24,29)(H2,25,26,27,28)/t14-,15-,17+,32?/m0/s1. The van der Waals surface area contributed by atoms with Gasteiger partial charge in [0.25, 0.3) is 0 Å². The molecule has 0 aliphatic heterocycles. The Bertz CT molecular complexity index is 1070. The van der Waals surface area contributed by atoms with E-state index in [1.807, 2.05) is 13.8 Å². The molecule has 1 aliphatic carbocycles. The minimum atomic E-state index is -2.92. The number of nitrogens with one attached hydrogen (secondary N) is 4. The number of rotatable bonds is 8. The van der Waals surface area contributed by atoms with Crippen LogP contribution in [0.15, 0.2) is 35.2 Å². The molecule has 2 aromatic rings.